The highest BCUT2D eigenvalue weighted by Gasteiger charge is 2.31. The summed E-state index contributed by atoms with van der Waals surface area (Å²) in [6.45, 7) is 3.25. The summed E-state index contributed by atoms with van der Waals surface area (Å²) in [4.78, 5) is 16.5. The van der Waals surface area contributed by atoms with Gasteiger partial charge < -0.3 is 4.90 Å². The van der Waals surface area contributed by atoms with E-state index in [1.165, 1.54) is 15.6 Å². The zero-order chi connectivity index (χ0) is 20.1. The molecule has 2 aromatic heterocycles. The van der Waals surface area contributed by atoms with E-state index < -0.39 is 10.0 Å². The van der Waals surface area contributed by atoms with E-state index in [9.17, 15) is 13.2 Å². The van der Waals surface area contributed by atoms with Gasteiger partial charge >= 0.3 is 0 Å². The number of nitrogens with zero attached hydrogens (tertiary/aromatic N) is 4. The molecule has 0 spiro atoms. The van der Waals surface area contributed by atoms with Crippen LogP contribution in [0.3, 0.4) is 0 Å². The third-order valence-electron chi connectivity index (χ3n) is 4.88. The minimum atomic E-state index is -3.55. The molecule has 0 bridgehead atoms. The summed E-state index contributed by atoms with van der Waals surface area (Å²) in [6.07, 6.45) is 0. The molecule has 3 aromatic rings. The predicted octanol–water partition coefficient (Wildman–Crippen LogP) is 2.85. The number of amides is 1. The number of benzene rings is 1. The number of aryl methyl sites for hydroxylation is 2. The number of fused-ring (bicyclic) bond motifs is 1. The van der Waals surface area contributed by atoms with Gasteiger partial charge in [-0.05, 0) is 37.3 Å². The summed E-state index contributed by atoms with van der Waals surface area (Å²) >= 11 is 4.74. The van der Waals surface area contributed by atoms with E-state index in [1.54, 1.807) is 33.8 Å². The molecule has 0 radical (unpaired) electrons. The summed E-state index contributed by atoms with van der Waals surface area (Å²) in [6, 6.07) is 8.49. The second kappa shape index (κ2) is 7.25. The van der Waals surface area contributed by atoms with E-state index in [2.05, 4.69) is 21.0 Å². The Hall–Kier alpha value is -1.75. The molecule has 1 saturated heterocycles. The molecule has 7 nitrogen and oxygen atoms in total. The molecule has 1 aliphatic rings. The molecule has 0 saturated carbocycles. The van der Waals surface area contributed by atoms with Crippen molar-refractivity contribution in [2.45, 2.75) is 11.8 Å². The monoisotopic (exact) mass is 482 g/mol. The second-order valence-electron chi connectivity index (χ2n) is 6.69. The predicted molar refractivity (Wildman–Crippen MR) is 112 cm³/mol. The van der Waals surface area contributed by atoms with Crippen LogP contribution in [0, 0.1) is 6.92 Å². The first kappa shape index (κ1) is 19.6. The number of carbonyl (C=O) groups excluding carboxylic acids is 1. The van der Waals surface area contributed by atoms with Gasteiger partial charge in [-0.1, -0.05) is 15.9 Å². The molecule has 0 N–H and O–H groups in total. The summed E-state index contributed by atoms with van der Waals surface area (Å²) < 4.78 is 29.7. The smallest absolute Gasteiger partial charge is 0.264 e. The molecule has 0 unspecified atom stereocenters. The number of hydrogen-bond donors (Lipinski definition) is 0. The minimum absolute atomic E-state index is 0.0544. The summed E-state index contributed by atoms with van der Waals surface area (Å²) in [7, 11) is -1.68. The van der Waals surface area contributed by atoms with E-state index in [-0.39, 0.29) is 23.9 Å². The van der Waals surface area contributed by atoms with Crippen LogP contribution >= 0.6 is 27.3 Å². The number of piperazine rings is 1. The van der Waals surface area contributed by atoms with Gasteiger partial charge in [-0.3, -0.25) is 9.48 Å². The van der Waals surface area contributed by atoms with Crippen LogP contribution < -0.4 is 0 Å². The fourth-order valence-corrected chi connectivity index (χ4v) is 6.13. The molecule has 0 atom stereocenters. The normalized spacial score (nSPS) is 16.0. The van der Waals surface area contributed by atoms with Crippen molar-refractivity contribution in [3.8, 4) is 0 Å². The van der Waals surface area contributed by atoms with Crippen molar-refractivity contribution in [1.82, 2.24) is 19.0 Å². The van der Waals surface area contributed by atoms with Crippen molar-refractivity contribution in [3.63, 3.8) is 0 Å². The molecule has 4 rings (SSSR count). The van der Waals surface area contributed by atoms with Gasteiger partial charge in [-0.15, -0.1) is 11.3 Å². The van der Waals surface area contributed by atoms with Crippen molar-refractivity contribution in [2.24, 2.45) is 7.05 Å². The van der Waals surface area contributed by atoms with Gasteiger partial charge in [0.2, 0.25) is 10.0 Å². The molecular weight excluding hydrogens is 464 g/mol. The quantitative estimate of drug-likeness (QED) is 0.574. The molecular formula is C18H19BrN4O3S2. The van der Waals surface area contributed by atoms with Crippen LogP contribution in [0.25, 0.3) is 10.2 Å². The number of carbonyl (C=O) groups is 1. The zero-order valence-corrected chi connectivity index (χ0v) is 18.6. The van der Waals surface area contributed by atoms with Crippen LogP contribution in [0.5, 0.6) is 0 Å². The van der Waals surface area contributed by atoms with Gasteiger partial charge in [0.25, 0.3) is 5.91 Å². The Kier molecular flexibility index (Phi) is 5.07. The maximum absolute atomic E-state index is 12.9. The van der Waals surface area contributed by atoms with Crippen LogP contribution in [0.2, 0.25) is 0 Å². The third kappa shape index (κ3) is 3.38. The van der Waals surface area contributed by atoms with E-state index >= 15 is 0 Å². The fraction of sp³-hybridized carbons (Fsp3) is 0.333. The topological polar surface area (TPSA) is 75.5 Å². The lowest BCUT2D eigenvalue weighted by molar-refractivity contribution is 0.0703. The van der Waals surface area contributed by atoms with Crippen molar-refractivity contribution in [1.29, 1.82) is 0 Å². The Labute approximate surface area is 175 Å². The lowest BCUT2D eigenvalue weighted by Gasteiger charge is -2.33. The molecule has 1 amide bonds. The van der Waals surface area contributed by atoms with E-state index in [0.29, 0.717) is 18.0 Å². The highest BCUT2D eigenvalue weighted by atomic mass is 79.9. The molecule has 1 aromatic carbocycles. The lowest BCUT2D eigenvalue weighted by Crippen LogP contribution is -2.50. The Balaban J connectivity index is 1.48. The number of rotatable bonds is 3. The summed E-state index contributed by atoms with van der Waals surface area (Å²) in [5, 5.41) is 5.35. The van der Waals surface area contributed by atoms with Crippen LogP contribution in [-0.4, -0.2) is 59.5 Å². The molecule has 10 heteroatoms. The highest BCUT2D eigenvalue weighted by Crippen LogP contribution is 2.29. The maximum atomic E-state index is 12.9. The number of aromatic nitrogens is 2. The molecule has 28 heavy (non-hydrogen) atoms. The Bertz CT molecular complexity index is 1110. The summed E-state index contributed by atoms with van der Waals surface area (Å²) in [5.74, 6) is -0.0544. The Morgan fingerprint density at radius 2 is 1.79 bits per heavy atom. The molecule has 1 fully saturated rings. The first-order valence-corrected chi connectivity index (χ1v) is 11.8. The lowest BCUT2D eigenvalue weighted by atomic mass is 10.3. The van der Waals surface area contributed by atoms with Crippen molar-refractivity contribution in [3.05, 3.63) is 45.4 Å². The zero-order valence-electron chi connectivity index (χ0n) is 15.4. The molecule has 1 aliphatic heterocycles. The number of thiophene rings is 1. The van der Waals surface area contributed by atoms with Crippen LogP contribution in [0.1, 0.15) is 15.4 Å². The van der Waals surface area contributed by atoms with E-state index in [4.69, 9.17) is 0 Å². The van der Waals surface area contributed by atoms with Crippen molar-refractivity contribution < 1.29 is 13.2 Å². The van der Waals surface area contributed by atoms with E-state index in [1.807, 2.05) is 20.0 Å². The fourth-order valence-electron chi connectivity index (χ4n) is 3.35. The standard InChI is InChI=1S/C18H19BrN4O3S2/c1-12-15-11-16(27-18(15)21(2)20-12)17(24)22-7-9-23(10-8-22)28(25,26)14-5-3-13(19)4-6-14/h3-6,11H,7-10H2,1-2H3. The molecule has 0 aliphatic carbocycles. The number of halogens is 1. The third-order valence-corrected chi connectivity index (χ3v) is 8.52. The Morgan fingerprint density at radius 3 is 2.39 bits per heavy atom. The van der Waals surface area contributed by atoms with Crippen LogP contribution in [-0.2, 0) is 17.1 Å². The first-order chi connectivity index (χ1) is 13.3. The largest absolute Gasteiger partial charge is 0.335 e. The number of sulfonamides is 1. The van der Waals surface area contributed by atoms with Gasteiger partial charge in [0.1, 0.15) is 4.83 Å². The van der Waals surface area contributed by atoms with Gasteiger partial charge in [-0.2, -0.15) is 9.40 Å². The maximum Gasteiger partial charge on any atom is 0.264 e. The summed E-state index contributed by atoms with van der Waals surface area (Å²) in [5.41, 5.74) is 0.901. The first-order valence-electron chi connectivity index (χ1n) is 8.75. The SMILES string of the molecule is Cc1nn(C)c2sc(C(=O)N3CCN(S(=O)(=O)c4ccc(Br)cc4)CC3)cc12. The average Bonchev–Trinajstić information content (AvgIpc) is 3.23. The van der Waals surface area contributed by atoms with Gasteiger partial charge in [0.15, 0.2) is 0 Å². The van der Waals surface area contributed by atoms with Gasteiger partial charge in [0.05, 0.1) is 15.5 Å². The van der Waals surface area contributed by atoms with Gasteiger partial charge in [-0.25, -0.2) is 8.42 Å². The van der Waals surface area contributed by atoms with Crippen molar-refractivity contribution >= 4 is 53.4 Å². The van der Waals surface area contributed by atoms with Gasteiger partial charge in [0, 0.05) is 43.1 Å². The Morgan fingerprint density at radius 1 is 1.14 bits per heavy atom. The highest BCUT2D eigenvalue weighted by molar-refractivity contribution is 9.10. The number of hydrogen-bond acceptors (Lipinski definition) is 5. The molecule has 3 heterocycles. The van der Waals surface area contributed by atoms with Crippen LogP contribution in [0.4, 0.5) is 0 Å². The minimum Gasteiger partial charge on any atom is -0.335 e. The average molecular weight is 483 g/mol. The molecule has 148 valence electrons. The second-order valence-corrected chi connectivity index (χ2v) is 10.6. The van der Waals surface area contributed by atoms with E-state index in [0.717, 1.165) is 20.4 Å². The van der Waals surface area contributed by atoms with Crippen LogP contribution in [0.15, 0.2) is 39.7 Å². The van der Waals surface area contributed by atoms with Crippen molar-refractivity contribution in [2.75, 3.05) is 26.2 Å².